The highest BCUT2D eigenvalue weighted by Gasteiger charge is 2.04. The third-order valence-electron chi connectivity index (χ3n) is 3.74. The van der Waals surface area contributed by atoms with Crippen molar-refractivity contribution in [2.24, 2.45) is 0 Å². The van der Waals surface area contributed by atoms with Crippen LogP contribution in [0.15, 0.2) is 54.7 Å². The van der Waals surface area contributed by atoms with Gasteiger partial charge < -0.3 is 0 Å². The summed E-state index contributed by atoms with van der Waals surface area (Å²) in [4.78, 5) is 0. The van der Waals surface area contributed by atoms with Gasteiger partial charge in [0.05, 0.1) is 35.3 Å². The summed E-state index contributed by atoms with van der Waals surface area (Å²) in [5.74, 6) is 0. The highest BCUT2D eigenvalue weighted by Crippen LogP contribution is 2.21. The quantitative estimate of drug-likeness (QED) is 0.673. The van der Waals surface area contributed by atoms with Crippen molar-refractivity contribution in [3.05, 3.63) is 66.0 Å². The monoisotopic (exact) mass is 313 g/mol. The van der Waals surface area contributed by atoms with Crippen LogP contribution in [0.5, 0.6) is 0 Å². The molecule has 3 rings (SSSR count). The number of benzene rings is 2. The van der Waals surface area contributed by atoms with Gasteiger partial charge in [0.25, 0.3) is 0 Å². The Morgan fingerprint density at radius 3 is 2.21 bits per heavy atom. The molecule has 0 bridgehead atoms. The fourth-order valence-corrected chi connectivity index (χ4v) is 2.43. The second-order valence-corrected chi connectivity index (χ2v) is 5.40. The fraction of sp³-hybridized carbons (Fsp3) is 0.158. The van der Waals surface area contributed by atoms with Gasteiger partial charge in [0.15, 0.2) is 0 Å². The van der Waals surface area contributed by atoms with Gasteiger partial charge in [-0.25, -0.2) is 4.68 Å². The molecule has 0 radical (unpaired) electrons. The first-order chi connectivity index (χ1) is 11.8. The van der Waals surface area contributed by atoms with E-state index in [1.165, 1.54) is 0 Å². The minimum Gasteiger partial charge on any atom is -0.220 e. The largest absolute Gasteiger partial charge is 0.220 e. The van der Waals surface area contributed by atoms with Gasteiger partial charge in [0.2, 0.25) is 0 Å². The van der Waals surface area contributed by atoms with E-state index in [1.807, 2.05) is 54.7 Å². The predicted molar refractivity (Wildman–Crippen MR) is 90.1 cm³/mol. The minimum atomic E-state index is 0.534. The van der Waals surface area contributed by atoms with E-state index < -0.39 is 0 Å². The van der Waals surface area contributed by atoms with Crippen LogP contribution in [-0.4, -0.2) is 15.0 Å². The molecule has 3 aromatic rings. The van der Waals surface area contributed by atoms with E-state index in [0.29, 0.717) is 12.0 Å². The molecular weight excluding hydrogens is 298 g/mol. The molecule has 0 fully saturated rings. The van der Waals surface area contributed by atoms with E-state index >= 15 is 0 Å². The van der Waals surface area contributed by atoms with Gasteiger partial charge in [-0.1, -0.05) is 29.5 Å². The first-order valence-corrected chi connectivity index (χ1v) is 7.69. The highest BCUT2D eigenvalue weighted by atomic mass is 15.4. The van der Waals surface area contributed by atoms with Crippen LogP contribution < -0.4 is 0 Å². The lowest BCUT2D eigenvalue weighted by Crippen LogP contribution is -1.94. The first kappa shape index (κ1) is 15.5. The number of nitrogens with zero attached hydrogens (tertiary/aromatic N) is 5. The molecule has 24 heavy (non-hydrogen) atoms. The second-order valence-electron chi connectivity index (χ2n) is 5.40. The van der Waals surface area contributed by atoms with E-state index in [-0.39, 0.29) is 0 Å². The number of rotatable bonds is 5. The molecule has 0 saturated carbocycles. The van der Waals surface area contributed by atoms with Gasteiger partial charge in [-0.15, -0.1) is 5.10 Å². The van der Waals surface area contributed by atoms with E-state index in [1.54, 1.807) is 4.68 Å². The Morgan fingerprint density at radius 1 is 0.917 bits per heavy atom. The van der Waals surface area contributed by atoms with Crippen molar-refractivity contribution < 1.29 is 0 Å². The molecule has 0 unspecified atom stereocenters. The zero-order valence-corrected chi connectivity index (χ0v) is 13.1. The molecule has 0 aliphatic rings. The van der Waals surface area contributed by atoms with Gasteiger partial charge in [0.1, 0.15) is 0 Å². The van der Waals surface area contributed by atoms with Crippen LogP contribution in [0.4, 0.5) is 0 Å². The van der Waals surface area contributed by atoms with Crippen LogP contribution in [0.3, 0.4) is 0 Å². The van der Waals surface area contributed by atoms with E-state index in [2.05, 4.69) is 22.5 Å². The molecular formula is C19H15N5. The summed E-state index contributed by atoms with van der Waals surface area (Å²) in [6, 6.07) is 19.8. The van der Waals surface area contributed by atoms with Crippen molar-refractivity contribution >= 4 is 0 Å². The van der Waals surface area contributed by atoms with Crippen molar-refractivity contribution in [2.45, 2.75) is 19.3 Å². The van der Waals surface area contributed by atoms with Crippen LogP contribution in [0.2, 0.25) is 0 Å². The lowest BCUT2D eigenvalue weighted by atomic mass is 10.0. The number of aromatic nitrogens is 3. The zero-order chi connectivity index (χ0) is 16.8. The van der Waals surface area contributed by atoms with Gasteiger partial charge in [-0.2, -0.15) is 10.5 Å². The summed E-state index contributed by atoms with van der Waals surface area (Å²) < 4.78 is 1.74. The van der Waals surface area contributed by atoms with Gasteiger partial charge in [0, 0.05) is 6.42 Å². The zero-order valence-electron chi connectivity index (χ0n) is 13.1. The maximum absolute atomic E-state index is 8.85. The fourth-order valence-electron chi connectivity index (χ4n) is 2.43. The lowest BCUT2D eigenvalue weighted by molar-refractivity contribution is 0.783. The molecule has 2 aromatic carbocycles. The number of aryl methyl sites for hydroxylation is 1. The Labute approximate surface area is 140 Å². The van der Waals surface area contributed by atoms with Crippen molar-refractivity contribution in [2.75, 3.05) is 0 Å². The standard InChI is InChI=1S/C19H15N5/c20-12-2-1-3-18-14-24(23-22-18)19-10-8-17(9-11-19)16-6-4-15(13-21)5-7-16/h4-11,14H,1-3H2. The molecule has 0 atom stereocenters. The third kappa shape index (κ3) is 3.48. The average molecular weight is 313 g/mol. The third-order valence-corrected chi connectivity index (χ3v) is 3.74. The topological polar surface area (TPSA) is 78.3 Å². The molecule has 1 aromatic heterocycles. The molecule has 5 nitrogen and oxygen atoms in total. The Kier molecular flexibility index (Phi) is 4.65. The van der Waals surface area contributed by atoms with E-state index in [0.717, 1.165) is 35.3 Å². The van der Waals surface area contributed by atoms with Crippen LogP contribution in [0.25, 0.3) is 16.8 Å². The maximum Gasteiger partial charge on any atom is 0.0991 e. The van der Waals surface area contributed by atoms with Crippen LogP contribution in [0, 0.1) is 22.7 Å². The maximum atomic E-state index is 8.85. The molecule has 5 heteroatoms. The van der Waals surface area contributed by atoms with Crippen LogP contribution >= 0.6 is 0 Å². The Morgan fingerprint density at radius 2 is 1.58 bits per heavy atom. The lowest BCUT2D eigenvalue weighted by Gasteiger charge is -2.04. The van der Waals surface area contributed by atoms with Crippen molar-refractivity contribution in [3.63, 3.8) is 0 Å². The van der Waals surface area contributed by atoms with Crippen molar-refractivity contribution in [3.8, 4) is 29.0 Å². The minimum absolute atomic E-state index is 0.534. The summed E-state index contributed by atoms with van der Waals surface area (Å²) in [5, 5.41) is 25.7. The molecule has 1 heterocycles. The smallest absolute Gasteiger partial charge is 0.0991 e. The summed E-state index contributed by atoms with van der Waals surface area (Å²) >= 11 is 0. The number of hydrogen-bond donors (Lipinski definition) is 0. The van der Waals surface area contributed by atoms with Gasteiger partial charge in [-0.05, 0) is 48.2 Å². The van der Waals surface area contributed by atoms with Crippen LogP contribution in [0.1, 0.15) is 24.1 Å². The normalized spacial score (nSPS) is 10.1. The predicted octanol–water partition coefficient (Wildman–Crippen LogP) is 3.65. The Bertz CT molecular complexity index is 893. The SMILES string of the molecule is N#CCCCc1cn(-c2ccc(-c3ccc(C#N)cc3)cc2)nn1. The molecule has 0 saturated heterocycles. The summed E-state index contributed by atoms with van der Waals surface area (Å²) in [5.41, 5.74) is 4.63. The Hall–Kier alpha value is -3.44. The molecule has 0 aliphatic heterocycles. The number of nitriles is 2. The molecule has 0 N–H and O–H groups in total. The van der Waals surface area contributed by atoms with E-state index in [9.17, 15) is 0 Å². The van der Waals surface area contributed by atoms with Crippen LogP contribution in [-0.2, 0) is 6.42 Å². The molecule has 116 valence electrons. The first-order valence-electron chi connectivity index (χ1n) is 7.69. The average Bonchev–Trinajstić information content (AvgIpc) is 3.11. The second kappa shape index (κ2) is 7.21. The van der Waals surface area contributed by atoms with Crippen molar-refractivity contribution in [1.82, 2.24) is 15.0 Å². The molecule has 0 spiro atoms. The van der Waals surface area contributed by atoms with Gasteiger partial charge in [-0.3, -0.25) is 0 Å². The molecule has 0 amide bonds. The highest BCUT2D eigenvalue weighted by molar-refractivity contribution is 5.65. The summed E-state index contributed by atoms with van der Waals surface area (Å²) in [6.07, 6.45) is 3.99. The van der Waals surface area contributed by atoms with E-state index in [4.69, 9.17) is 10.5 Å². The Balaban J connectivity index is 1.74. The summed E-state index contributed by atoms with van der Waals surface area (Å²) in [6.45, 7) is 0. The van der Waals surface area contributed by atoms with Crippen molar-refractivity contribution in [1.29, 1.82) is 10.5 Å². The number of hydrogen-bond acceptors (Lipinski definition) is 4. The number of unbranched alkanes of at least 4 members (excludes halogenated alkanes) is 1. The molecule has 0 aliphatic carbocycles. The summed E-state index contributed by atoms with van der Waals surface area (Å²) in [7, 11) is 0. The van der Waals surface area contributed by atoms with Gasteiger partial charge >= 0.3 is 0 Å².